The maximum Gasteiger partial charge on any atom is 0.261 e. The van der Waals surface area contributed by atoms with Crippen molar-refractivity contribution in [3.05, 3.63) is 34.6 Å². The Balaban J connectivity index is 2.54. The fourth-order valence-electron chi connectivity index (χ4n) is 1.61. The second-order valence-corrected chi connectivity index (χ2v) is 4.20. The number of halogens is 4. The first-order valence-corrected chi connectivity index (χ1v) is 5.90. The molecule has 0 amide bonds. The van der Waals surface area contributed by atoms with Crippen LogP contribution < -0.4 is 5.32 Å². The van der Waals surface area contributed by atoms with Crippen molar-refractivity contribution in [2.75, 3.05) is 20.3 Å². The predicted octanol–water partition coefficient (Wildman–Crippen LogP) is 3.41. The molecule has 1 unspecified atom stereocenters. The van der Waals surface area contributed by atoms with E-state index < -0.39 is 18.8 Å². The molecule has 0 aliphatic rings. The summed E-state index contributed by atoms with van der Waals surface area (Å²) in [4.78, 5) is 0. The van der Waals surface area contributed by atoms with Gasteiger partial charge < -0.3 is 10.1 Å². The lowest BCUT2D eigenvalue weighted by Crippen LogP contribution is -2.20. The van der Waals surface area contributed by atoms with Crippen LogP contribution in [-0.4, -0.2) is 26.7 Å². The fraction of sp³-hybridized carbons (Fsp3) is 0.500. The first-order valence-electron chi connectivity index (χ1n) is 5.52. The van der Waals surface area contributed by atoms with Crippen LogP contribution >= 0.6 is 11.6 Å². The number of ether oxygens (including phenoxy) is 1. The summed E-state index contributed by atoms with van der Waals surface area (Å²) in [6.45, 7) is -0.461. The first kappa shape index (κ1) is 15.3. The molecule has 0 aliphatic heterocycles. The highest BCUT2D eigenvalue weighted by Crippen LogP contribution is 2.22. The van der Waals surface area contributed by atoms with E-state index in [0.717, 1.165) is 0 Å². The third-order valence-corrected chi connectivity index (χ3v) is 2.72. The van der Waals surface area contributed by atoms with E-state index in [4.69, 9.17) is 16.3 Å². The van der Waals surface area contributed by atoms with Gasteiger partial charge in [-0.1, -0.05) is 17.7 Å². The molecule has 0 aliphatic carbocycles. The van der Waals surface area contributed by atoms with Crippen molar-refractivity contribution >= 4 is 11.6 Å². The monoisotopic (exact) mass is 281 g/mol. The average Bonchev–Trinajstić information content (AvgIpc) is 2.30. The molecule has 0 saturated carbocycles. The van der Waals surface area contributed by atoms with Gasteiger partial charge in [-0.3, -0.25) is 0 Å². The van der Waals surface area contributed by atoms with E-state index in [9.17, 15) is 13.2 Å². The van der Waals surface area contributed by atoms with Crippen molar-refractivity contribution in [1.29, 1.82) is 0 Å². The van der Waals surface area contributed by atoms with Crippen molar-refractivity contribution < 1.29 is 17.9 Å². The van der Waals surface area contributed by atoms with Gasteiger partial charge in [0.05, 0.1) is 0 Å². The van der Waals surface area contributed by atoms with Gasteiger partial charge in [0.15, 0.2) is 0 Å². The van der Waals surface area contributed by atoms with Gasteiger partial charge in [0.25, 0.3) is 6.43 Å². The van der Waals surface area contributed by atoms with Gasteiger partial charge in [0, 0.05) is 23.2 Å². The maximum atomic E-state index is 13.6. The summed E-state index contributed by atoms with van der Waals surface area (Å²) in [7, 11) is 1.67. The van der Waals surface area contributed by atoms with Gasteiger partial charge in [0.2, 0.25) is 0 Å². The zero-order valence-electron chi connectivity index (χ0n) is 9.93. The minimum absolute atomic E-state index is 0.137. The summed E-state index contributed by atoms with van der Waals surface area (Å²) >= 11 is 5.66. The SMILES string of the molecule is CNC(CCOCC(F)F)c1ccc(Cl)cc1F. The molecule has 0 spiro atoms. The maximum absolute atomic E-state index is 13.6. The summed E-state index contributed by atoms with van der Waals surface area (Å²) in [6, 6.07) is 4.09. The second-order valence-electron chi connectivity index (χ2n) is 3.76. The van der Waals surface area contributed by atoms with Crippen LogP contribution in [-0.2, 0) is 4.74 Å². The minimum Gasteiger partial charge on any atom is -0.375 e. The topological polar surface area (TPSA) is 21.3 Å². The molecule has 102 valence electrons. The van der Waals surface area contributed by atoms with Crippen LogP contribution in [0.2, 0.25) is 5.02 Å². The number of hydrogen-bond donors (Lipinski definition) is 1. The highest BCUT2D eigenvalue weighted by molar-refractivity contribution is 6.30. The van der Waals surface area contributed by atoms with Crippen LogP contribution in [0.5, 0.6) is 0 Å². The molecule has 0 aromatic heterocycles. The van der Waals surface area contributed by atoms with Crippen molar-refractivity contribution in [3.8, 4) is 0 Å². The normalized spacial score (nSPS) is 13.0. The Morgan fingerprint density at radius 2 is 2.11 bits per heavy atom. The molecule has 1 atom stereocenters. The standard InChI is InChI=1S/C12H15ClF3NO/c1-17-11(4-5-18-7-12(15)16)9-3-2-8(13)6-10(9)14/h2-3,6,11-12,17H,4-5,7H2,1H3. The highest BCUT2D eigenvalue weighted by Gasteiger charge is 2.14. The third-order valence-electron chi connectivity index (χ3n) is 2.48. The molecule has 18 heavy (non-hydrogen) atoms. The predicted molar refractivity (Wildman–Crippen MR) is 64.7 cm³/mol. The highest BCUT2D eigenvalue weighted by atomic mass is 35.5. The molecule has 0 bridgehead atoms. The average molecular weight is 282 g/mol. The number of benzene rings is 1. The second kappa shape index (κ2) is 7.61. The Hall–Kier alpha value is -0.780. The van der Waals surface area contributed by atoms with E-state index in [-0.39, 0.29) is 12.6 Å². The largest absolute Gasteiger partial charge is 0.375 e. The van der Waals surface area contributed by atoms with E-state index >= 15 is 0 Å². The van der Waals surface area contributed by atoms with Gasteiger partial charge >= 0.3 is 0 Å². The van der Waals surface area contributed by atoms with Crippen molar-refractivity contribution in [3.63, 3.8) is 0 Å². The quantitative estimate of drug-likeness (QED) is 0.774. The summed E-state index contributed by atoms with van der Waals surface area (Å²) in [5.41, 5.74) is 0.447. The van der Waals surface area contributed by atoms with E-state index in [0.29, 0.717) is 17.0 Å². The molecule has 6 heteroatoms. The van der Waals surface area contributed by atoms with E-state index in [1.54, 1.807) is 19.2 Å². The van der Waals surface area contributed by atoms with Gasteiger partial charge in [-0.2, -0.15) is 0 Å². The number of alkyl halides is 2. The van der Waals surface area contributed by atoms with Crippen LogP contribution in [0.1, 0.15) is 18.0 Å². The summed E-state index contributed by atoms with van der Waals surface area (Å²) < 4.78 is 42.1. The molecule has 1 aromatic carbocycles. The fourth-order valence-corrected chi connectivity index (χ4v) is 1.77. The van der Waals surface area contributed by atoms with Crippen molar-refractivity contribution in [2.45, 2.75) is 18.9 Å². The Morgan fingerprint density at radius 3 is 2.67 bits per heavy atom. The molecule has 0 radical (unpaired) electrons. The number of nitrogens with one attached hydrogen (secondary N) is 1. The van der Waals surface area contributed by atoms with Crippen LogP contribution in [0, 0.1) is 5.82 Å². The molecule has 0 saturated heterocycles. The van der Waals surface area contributed by atoms with Gasteiger partial charge in [0.1, 0.15) is 12.4 Å². The lowest BCUT2D eigenvalue weighted by molar-refractivity contribution is 0.0144. The Kier molecular flexibility index (Phi) is 6.46. The molecule has 1 aromatic rings. The number of rotatable bonds is 7. The summed E-state index contributed by atoms with van der Waals surface area (Å²) in [6.07, 6.45) is -2.08. The van der Waals surface area contributed by atoms with E-state index in [1.807, 2.05) is 0 Å². The zero-order chi connectivity index (χ0) is 13.5. The summed E-state index contributed by atoms with van der Waals surface area (Å²) in [5, 5.41) is 3.24. The van der Waals surface area contributed by atoms with Crippen molar-refractivity contribution in [2.24, 2.45) is 0 Å². The molecule has 2 nitrogen and oxygen atoms in total. The molecular formula is C12H15ClF3NO. The molecular weight excluding hydrogens is 267 g/mol. The Bertz CT molecular complexity index is 376. The van der Waals surface area contributed by atoms with Crippen LogP contribution in [0.15, 0.2) is 18.2 Å². The third kappa shape index (κ3) is 4.84. The summed E-state index contributed by atoms with van der Waals surface area (Å²) in [5.74, 6) is -0.421. The lowest BCUT2D eigenvalue weighted by atomic mass is 10.0. The van der Waals surface area contributed by atoms with Gasteiger partial charge in [-0.25, -0.2) is 13.2 Å². The molecule has 1 N–H and O–H groups in total. The Morgan fingerprint density at radius 1 is 1.39 bits per heavy atom. The van der Waals surface area contributed by atoms with Crippen molar-refractivity contribution in [1.82, 2.24) is 5.32 Å². The van der Waals surface area contributed by atoms with E-state index in [1.165, 1.54) is 6.07 Å². The molecule has 1 rings (SSSR count). The van der Waals surface area contributed by atoms with E-state index in [2.05, 4.69) is 5.32 Å². The van der Waals surface area contributed by atoms with Crippen LogP contribution in [0.4, 0.5) is 13.2 Å². The number of hydrogen-bond acceptors (Lipinski definition) is 2. The molecule has 0 heterocycles. The lowest BCUT2D eigenvalue weighted by Gasteiger charge is -2.17. The smallest absolute Gasteiger partial charge is 0.261 e. The van der Waals surface area contributed by atoms with Crippen LogP contribution in [0.3, 0.4) is 0 Å². The zero-order valence-corrected chi connectivity index (χ0v) is 10.7. The van der Waals surface area contributed by atoms with Gasteiger partial charge in [-0.05, 0) is 25.6 Å². The molecule has 0 fully saturated rings. The Labute approximate surface area is 109 Å². The first-order chi connectivity index (χ1) is 8.54. The minimum atomic E-state index is -2.48. The van der Waals surface area contributed by atoms with Crippen LogP contribution in [0.25, 0.3) is 0 Å². The van der Waals surface area contributed by atoms with Gasteiger partial charge in [-0.15, -0.1) is 0 Å².